The number of aliphatic hydroxyl groups is 1. The molecule has 7 heteroatoms. The lowest BCUT2D eigenvalue weighted by atomic mass is 10.0. The van der Waals surface area contributed by atoms with Crippen molar-refractivity contribution in [1.82, 2.24) is 9.88 Å². The highest BCUT2D eigenvalue weighted by molar-refractivity contribution is 7.19. The lowest BCUT2D eigenvalue weighted by molar-refractivity contribution is -0.115. The zero-order valence-electron chi connectivity index (χ0n) is 18.0. The van der Waals surface area contributed by atoms with Gasteiger partial charge in [0.15, 0.2) is 5.13 Å². The fourth-order valence-electron chi connectivity index (χ4n) is 3.27. The third-order valence-corrected chi connectivity index (χ3v) is 6.10. The van der Waals surface area contributed by atoms with E-state index < -0.39 is 0 Å². The number of aliphatic hydroxyl groups excluding tert-OH is 1. The number of nitrogens with one attached hydrogen (secondary N) is 1. The second-order valence-corrected chi connectivity index (χ2v) is 8.48. The molecule has 2 amide bonds. The van der Waals surface area contributed by atoms with E-state index in [1.54, 1.807) is 11.9 Å². The van der Waals surface area contributed by atoms with E-state index in [2.05, 4.69) is 10.3 Å². The Labute approximate surface area is 186 Å². The molecular weight excluding hydrogens is 410 g/mol. The first-order valence-electron chi connectivity index (χ1n) is 10.2. The van der Waals surface area contributed by atoms with Crippen LogP contribution in [0.4, 0.5) is 5.13 Å². The van der Waals surface area contributed by atoms with E-state index in [1.165, 1.54) is 11.3 Å². The number of aryl methyl sites for hydroxylation is 2. The smallest absolute Gasteiger partial charge is 0.253 e. The summed E-state index contributed by atoms with van der Waals surface area (Å²) in [5, 5.41) is 12.4. The van der Waals surface area contributed by atoms with Gasteiger partial charge in [-0.25, -0.2) is 4.98 Å². The van der Waals surface area contributed by atoms with Crippen molar-refractivity contribution in [3.8, 4) is 10.4 Å². The molecule has 0 bridgehead atoms. The van der Waals surface area contributed by atoms with E-state index in [1.807, 2.05) is 62.4 Å². The van der Waals surface area contributed by atoms with Crippen molar-refractivity contribution < 1.29 is 14.7 Å². The van der Waals surface area contributed by atoms with Crippen molar-refractivity contribution in [3.05, 3.63) is 70.9 Å². The number of hydrogen-bond donors (Lipinski definition) is 2. The van der Waals surface area contributed by atoms with Crippen molar-refractivity contribution in [1.29, 1.82) is 0 Å². The normalized spacial score (nSPS) is 10.7. The monoisotopic (exact) mass is 437 g/mol. The summed E-state index contributed by atoms with van der Waals surface area (Å²) in [6.07, 6.45) is 0.832. The number of aromatic nitrogens is 1. The van der Waals surface area contributed by atoms with Gasteiger partial charge in [-0.15, -0.1) is 0 Å². The minimum atomic E-state index is -0.114. The Hall–Kier alpha value is -3.03. The number of nitrogens with zero attached hydrogens (tertiary/aromatic N) is 2. The van der Waals surface area contributed by atoms with Crippen LogP contribution in [-0.2, 0) is 11.2 Å². The predicted octanol–water partition coefficient (Wildman–Crippen LogP) is 4.06. The summed E-state index contributed by atoms with van der Waals surface area (Å²) in [6, 6.07) is 15.3. The maximum absolute atomic E-state index is 12.8. The molecule has 0 aliphatic carbocycles. The number of carbonyl (C=O) groups excluding carboxylic acids is 2. The summed E-state index contributed by atoms with van der Waals surface area (Å²) in [4.78, 5) is 32.3. The molecule has 1 heterocycles. The molecule has 0 spiro atoms. The molecule has 0 radical (unpaired) electrons. The first-order chi connectivity index (χ1) is 14.9. The molecule has 162 valence electrons. The van der Waals surface area contributed by atoms with Crippen LogP contribution in [0.5, 0.6) is 0 Å². The quantitative estimate of drug-likeness (QED) is 0.557. The summed E-state index contributed by atoms with van der Waals surface area (Å²) in [5.74, 6) is -0.192. The molecule has 0 aliphatic rings. The van der Waals surface area contributed by atoms with Crippen LogP contribution in [0.15, 0.2) is 48.5 Å². The van der Waals surface area contributed by atoms with Gasteiger partial charge in [-0.2, -0.15) is 0 Å². The third-order valence-electron chi connectivity index (χ3n) is 4.98. The molecule has 0 saturated heterocycles. The predicted molar refractivity (Wildman–Crippen MR) is 124 cm³/mol. The lowest BCUT2D eigenvalue weighted by Gasteiger charge is -2.18. The minimum Gasteiger partial charge on any atom is -0.396 e. The van der Waals surface area contributed by atoms with Crippen LogP contribution in [-0.4, -0.2) is 47.0 Å². The number of amides is 2. The van der Waals surface area contributed by atoms with Crippen molar-refractivity contribution in [2.24, 2.45) is 0 Å². The first-order valence-corrected chi connectivity index (χ1v) is 11.0. The fourth-order valence-corrected chi connectivity index (χ4v) is 4.25. The third kappa shape index (κ3) is 5.77. The Kier molecular flexibility index (Phi) is 7.55. The summed E-state index contributed by atoms with van der Waals surface area (Å²) in [7, 11) is 1.74. The van der Waals surface area contributed by atoms with Crippen LogP contribution >= 0.6 is 11.3 Å². The second-order valence-electron chi connectivity index (χ2n) is 7.48. The highest BCUT2D eigenvalue weighted by Gasteiger charge is 2.18. The maximum atomic E-state index is 12.8. The van der Waals surface area contributed by atoms with E-state index >= 15 is 0 Å². The molecule has 0 atom stereocenters. The Bertz CT molecular complexity index is 1060. The zero-order valence-corrected chi connectivity index (χ0v) is 18.8. The maximum Gasteiger partial charge on any atom is 0.253 e. The summed E-state index contributed by atoms with van der Waals surface area (Å²) in [6.45, 7) is 4.35. The van der Waals surface area contributed by atoms with Crippen molar-refractivity contribution in [3.63, 3.8) is 0 Å². The summed E-state index contributed by atoms with van der Waals surface area (Å²) in [5.41, 5.74) is 4.16. The number of benzene rings is 2. The standard InChI is InChI=1S/C24H27N3O3S/c1-16-10-11-19(15-20(16)23(30)27(3)12-7-13-28)22-17(2)25-24(31-22)26-21(29)14-18-8-5-4-6-9-18/h4-6,8-11,15,28H,7,12-14H2,1-3H3,(H,25,26,29). The van der Waals surface area contributed by atoms with Gasteiger partial charge in [0.05, 0.1) is 17.0 Å². The van der Waals surface area contributed by atoms with Crippen molar-refractivity contribution in [2.45, 2.75) is 26.7 Å². The Morgan fingerprint density at radius 3 is 2.58 bits per heavy atom. The first kappa shape index (κ1) is 22.7. The minimum absolute atomic E-state index is 0.0511. The Morgan fingerprint density at radius 2 is 1.87 bits per heavy atom. The molecule has 2 aromatic carbocycles. The molecule has 3 aromatic rings. The second kappa shape index (κ2) is 10.3. The van der Waals surface area contributed by atoms with Gasteiger partial charge in [0, 0.05) is 25.8 Å². The molecule has 0 aliphatic heterocycles. The molecule has 31 heavy (non-hydrogen) atoms. The number of thiazole rings is 1. The summed E-state index contributed by atoms with van der Waals surface area (Å²) < 4.78 is 0. The van der Waals surface area contributed by atoms with Crippen molar-refractivity contribution >= 4 is 28.3 Å². The number of carbonyl (C=O) groups is 2. The Balaban J connectivity index is 1.78. The zero-order chi connectivity index (χ0) is 22.4. The van der Waals surface area contributed by atoms with E-state index in [0.29, 0.717) is 23.7 Å². The fraction of sp³-hybridized carbons (Fsp3) is 0.292. The molecule has 0 saturated carbocycles. The SMILES string of the molecule is Cc1ccc(-c2sc(NC(=O)Cc3ccccc3)nc2C)cc1C(=O)N(C)CCCO. The van der Waals surface area contributed by atoms with Gasteiger partial charge in [0.1, 0.15) is 0 Å². The van der Waals surface area contributed by atoms with Gasteiger partial charge in [-0.3, -0.25) is 9.59 Å². The van der Waals surface area contributed by atoms with E-state index in [-0.39, 0.29) is 24.8 Å². The van der Waals surface area contributed by atoms with Crippen LogP contribution < -0.4 is 5.32 Å². The van der Waals surface area contributed by atoms with Gasteiger partial charge in [0.2, 0.25) is 5.91 Å². The largest absolute Gasteiger partial charge is 0.396 e. The lowest BCUT2D eigenvalue weighted by Crippen LogP contribution is -2.28. The molecule has 6 nitrogen and oxygen atoms in total. The van der Waals surface area contributed by atoms with Crippen LogP contribution in [0.2, 0.25) is 0 Å². The Morgan fingerprint density at radius 1 is 1.13 bits per heavy atom. The van der Waals surface area contributed by atoms with Crippen molar-refractivity contribution in [2.75, 3.05) is 25.5 Å². The molecule has 2 N–H and O–H groups in total. The summed E-state index contributed by atoms with van der Waals surface area (Å²) >= 11 is 1.40. The van der Waals surface area contributed by atoms with Crippen LogP contribution in [0.25, 0.3) is 10.4 Å². The van der Waals surface area contributed by atoms with Gasteiger partial charge >= 0.3 is 0 Å². The van der Waals surface area contributed by atoms with E-state index in [9.17, 15) is 9.59 Å². The van der Waals surface area contributed by atoms with Crippen LogP contribution in [0.3, 0.4) is 0 Å². The van der Waals surface area contributed by atoms with Gasteiger partial charge in [-0.1, -0.05) is 53.8 Å². The van der Waals surface area contributed by atoms with E-state index in [4.69, 9.17) is 5.11 Å². The molecule has 0 unspecified atom stereocenters. The van der Waals surface area contributed by atoms with E-state index in [0.717, 1.165) is 27.3 Å². The number of rotatable bonds is 8. The average Bonchev–Trinajstić information content (AvgIpc) is 3.12. The van der Waals surface area contributed by atoms with Crippen LogP contribution in [0, 0.1) is 13.8 Å². The topological polar surface area (TPSA) is 82.5 Å². The highest BCUT2D eigenvalue weighted by atomic mass is 32.1. The molecule has 0 fully saturated rings. The molecule has 3 rings (SSSR count). The van der Waals surface area contributed by atoms with Gasteiger partial charge in [0.25, 0.3) is 5.91 Å². The number of anilines is 1. The molecule has 1 aromatic heterocycles. The van der Waals surface area contributed by atoms with Gasteiger partial charge < -0.3 is 15.3 Å². The molecular formula is C24H27N3O3S. The average molecular weight is 438 g/mol. The van der Waals surface area contributed by atoms with Gasteiger partial charge in [-0.05, 0) is 43.0 Å². The highest BCUT2D eigenvalue weighted by Crippen LogP contribution is 2.34. The number of hydrogen-bond acceptors (Lipinski definition) is 5. The van der Waals surface area contributed by atoms with Crippen LogP contribution in [0.1, 0.15) is 33.6 Å².